The maximum atomic E-state index is 12.2. The van der Waals surface area contributed by atoms with Gasteiger partial charge in [0.25, 0.3) is 0 Å². The van der Waals surface area contributed by atoms with Crippen molar-refractivity contribution in [3.05, 3.63) is 51.7 Å². The van der Waals surface area contributed by atoms with Crippen LogP contribution in [0.4, 0.5) is 13.2 Å². The van der Waals surface area contributed by atoms with Crippen molar-refractivity contribution in [2.45, 2.75) is 26.3 Å². The number of rotatable bonds is 5. The predicted molar refractivity (Wildman–Crippen MR) is 77.7 cm³/mol. The van der Waals surface area contributed by atoms with Gasteiger partial charge >= 0.3 is 6.36 Å². The molecule has 2 nitrogen and oxygen atoms in total. The predicted octanol–water partition coefficient (Wildman–Crippen LogP) is 4.65. The molecular weight excluding hydrogens is 299 g/mol. The van der Waals surface area contributed by atoms with Gasteiger partial charge in [-0.2, -0.15) is 0 Å². The Kier molecular flexibility index (Phi) is 4.90. The zero-order valence-corrected chi connectivity index (χ0v) is 12.5. The number of halogens is 3. The monoisotopic (exact) mass is 315 g/mol. The number of benzene rings is 1. The van der Waals surface area contributed by atoms with Gasteiger partial charge < -0.3 is 10.1 Å². The Hall–Kier alpha value is -1.53. The molecule has 1 heterocycles. The summed E-state index contributed by atoms with van der Waals surface area (Å²) in [5.41, 5.74) is 0.910. The van der Waals surface area contributed by atoms with Crippen LogP contribution in [0.15, 0.2) is 36.4 Å². The topological polar surface area (TPSA) is 21.3 Å². The van der Waals surface area contributed by atoms with Gasteiger partial charge in [0, 0.05) is 9.75 Å². The van der Waals surface area contributed by atoms with E-state index in [1.165, 1.54) is 17.0 Å². The van der Waals surface area contributed by atoms with Crippen molar-refractivity contribution < 1.29 is 17.9 Å². The third-order valence-electron chi connectivity index (χ3n) is 2.90. The van der Waals surface area contributed by atoms with Crippen molar-refractivity contribution in [1.29, 1.82) is 0 Å². The van der Waals surface area contributed by atoms with Gasteiger partial charge in [-0.1, -0.05) is 19.1 Å². The Morgan fingerprint density at radius 3 is 2.29 bits per heavy atom. The third-order valence-corrected chi connectivity index (χ3v) is 3.97. The van der Waals surface area contributed by atoms with E-state index < -0.39 is 6.36 Å². The summed E-state index contributed by atoms with van der Waals surface area (Å²) >= 11 is 1.67. The van der Waals surface area contributed by atoms with E-state index in [4.69, 9.17) is 0 Å². The minimum atomic E-state index is -4.66. The van der Waals surface area contributed by atoms with Gasteiger partial charge in [0.05, 0.1) is 6.04 Å². The van der Waals surface area contributed by atoms with Crippen molar-refractivity contribution in [3.8, 4) is 5.75 Å². The zero-order chi connectivity index (χ0) is 15.5. The molecule has 1 atom stereocenters. The summed E-state index contributed by atoms with van der Waals surface area (Å²) in [5.74, 6) is -0.205. The molecule has 6 heteroatoms. The highest BCUT2D eigenvalue weighted by molar-refractivity contribution is 7.12. The molecule has 0 saturated heterocycles. The lowest BCUT2D eigenvalue weighted by atomic mass is 10.1. The molecule has 0 amide bonds. The van der Waals surface area contributed by atoms with Gasteiger partial charge in [0.2, 0.25) is 0 Å². The molecule has 0 aliphatic carbocycles. The summed E-state index contributed by atoms with van der Waals surface area (Å²) < 4.78 is 40.4. The van der Waals surface area contributed by atoms with Gasteiger partial charge in [0.15, 0.2) is 0 Å². The third kappa shape index (κ3) is 4.47. The number of thiophene rings is 1. The molecule has 1 unspecified atom stereocenters. The van der Waals surface area contributed by atoms with Crippen molar-refractivity contribution in [2.24, 2.45) is 0 Å². The second-order valence-electron chi connectivity index (χ2n) is 4.56. The van der Waals surface area contributed by atoms with Crippen LogP contribution in [0.1, 0.15) is 28.3 Å². The molecule has 0 aliphatic heterocycles. The van der Waals surface area contributed by atoms with Crippen LogP contribution in [0.3, 0.4) is 0 Å². The van der Waals surface area contributed by atoms with Crippen LogP contribution in [0, 0.1) is 6.92 Å². The Bertz CT molecular complexity index is 577. The summed E-state index contributed by atoms with van der Waals surface area (Å²) in [6.07, 6.45) is -4.66. The lowest BCUT2D eigenvalue weighted by Gasteiger charge is -2.17. The smallest absolute Gasteiger partial charge is 0.406 e. The van der Waals surface area contributed by atoms with E-state index >= 15 is 0 Å². The fraction of sp³-hybridized carbons (Fsp3) is 0.333. The van der Waals surface area contributed by atoms with Gasteiger partial charge in [-0.3, -0.25) is 0 Å². The van der Waals surface area contributed by atoms with Crippen LogP contribution in [0.2, 0.25) is 0 Å². The fourth-order valence-corrected chi connectivity index (χ4v) is 3.04. The summed E-state index contributed by atoms with van der Waals surface area (Å²) in [7, 11) is 0. The van der Waals surface area contributed by atoms with E-state index in [2.05, 4.69) is 10.1 Å². The molecule has 114 valence electrons. The number of ether oxygens (including phenoxy) is 1. The number of nitrogens with one attached hydrogen (secondary N) is 1. The van der Waals surface area contributed by atoms with Gasteiger partial charge in [-0.15, -0.1) is 24.5 Å². The fourth-order valence-electron chi connectivity index (χ4n) is 2.06. The van der Waals surface area contributed by atoms with E-state index in [-0.39, 0.29) is 11.8 Å². The van der Waals surface area contributed by atoms with Crippen molar-refractivity contribution in [2.75, 3.05) is 6.54 Å². The SMILES string of the molecule is CCNC(c1ccc(OC(F)(F)F)cc1)c1ccc(C)s1. The molecule has 1 aromatic carbocycles. The van der Waals surface area contributed by atoms with Crippen LogP contribution in [-0.4, -0.2) is 12.9 Å². The normalized spacial score (nSPS) is 13.2. The Morgan fingerprint density at radius 1 is 1.14 bits per heavy atom. The molecule has 2 aromatic rings. The van der Waals surface area contributed by atoms with E-state index in [1.807, 2.05) is 26.0 Å². The second-order valence-corrected chi connectivity index (χ2v) is 5.88. The standard InChI is InChI=1S/C15H16F3NOS/c1-3-19-14(13-9-4-10(2)21-13)11-5-7-12(8-6-11)20-15(16,17)18/h4-9,14,19H,3H2,1-2H3. The molecule has 0 radical (unpaired) electrons. The Labute approximate surface area is 125 Å². The first-order valence-electron chi connectivity index (χ1n) is 6.54. The van der Waals surface area contributed by atoms with Crippen LogP contribution < -0.4 is 10.1 Å². The average Bonchev–Trinajstić information content (AvgIpc) is 2.82. The lowest BCUT2D eigenvalue weighted by molar-refractivity contribution is -0.274. The summed E-state index contributed by atoms with van der Waals surface area (Å²) in [6, 6.07) is 10.0. The summed E-state index contributed by atoms with van der Waals surface area (Å²) in [5, 5.41) is 3.34. The van der Waals surface area contributed by atoms with Crippen molar-refractivity contribution >= 4 is 11.3 Å². The molecule has 1 aromatic heterocycles. The van der Waals surface area contributed by atoms with Gasteiger partial charge in [0.1, 0.15) is 5.75 Å². The maximum absolute atomic E-state index is 12.2. The molecule has 0 spiro atoms. The van der Waals surface area contributed by atoms with Crippen LogP contribution >= 0.6 is 11.3 Å². The minimum Gasteiger partial charge on any atom is -0.406 e. The minimum absolute atomic E-state index is 0.0198. The maximum Gasteiger partial charge on any atom is 0.573 e. The number of hydrogen-bond donors (Lipinski definition) is 1. The molecule has 0 bridgehead atoms. The highest BCUT2D eigenvalue weighted by atomic mass is 32.1. The Balaban J connectivity index is 2.21. The Morgan fingerprint density at radius 2 is 1.81 bits per heavy atom. The van der Waals surface area contributed by atoms with Gasteiger partial charge in [-0.05, 0) is 43.3 Å². The highest BCUT2D eigenvalue weighted by Gasteiger charge is 2.31. The first-order chi connectivity index (χ1) is 9.89. The largest absolute Gasteiger partial charge is 0.573 e. The first kappa shape index (κ1) is 15.9. The van der Waals surface area contributed by atoms with Crippen molar-refractivity contribution in [3.63, 3.8) is 0 Å². The molecule has 21 heavy (non-hydrogen) atoms. The number of alkyl halides is 3. The molecule has 0 fully saturated rings. The highest BCUT2D eigenvalue weighted by Crippen LogP contribution is 2.30. The molecule has 1 N–H and O–H groups in total. The summed E-state index contributed by atoms with van der Waals surface area (Å²) in [6.45, 7) is 4.79. The molecule has 2 rings (SSSR count). The van der Waals surface area contributed by atoms with E-state index in [0.29, 0.717) is 0 Å². The summed E-state index contributed by atoms with van der Waals surface area (Å²) in [4.78, 5) is 2.34. The van der Waals surface area contributed by atoms with Crippen molar-refractivity contribution in [1.82, 2.24) is 5.32 Å². The van der Waals surface area contributed by atoms with E-state index in [1.54, 1.807) is 23.5 Å². The first-order valence-corrected chi connectivity index (χ1v) is 7.36. The van der Waals surface area contributed by atoms with Crippen LogP contribution in [0.25, 0.3) is 0 Å². The lowest BCUT2D eigenvalue weighted by Crippen LogP contribution is -2.21. The second kappa shape index (κ2) is 6.49. The zero-order valence-electron chi connectivity index (χ0n) is 11.7. The quantitative estimate of drug-likeness (QED) is 0.867. The number of hydrogen-bond acceptors (Lipinski definition) is 3. The number of aryl methyl sites for hydroxylation is 1. The van der Waals surface area contributed by atoms with E-state index in [0.717, 1.165) is 17.0 Å². The van der Waals surface area contributed by atoms with Gasteiger partial charge in [-0.25, -0.2) is 0 Å². The molecule has 0 aliphatic rings. The van der Waals surface area contributed by atoms with Crippen LogP contribution in [0.5, 0.6) is 5.75 Å². The van der Waals surface area contributed by atoms with Crippen LogP contribution in [-0.2, 0) is 0 Å². The molecular formula is C15H16F3NOS. The van der Waals surface area contributed by atoms with E-state index in [9.17, 15) is 13.2 Å². The average molecular weight is 315 g/mol. The molecule has 0 saturated carbocycles.